The van der Waals surface area contributed by atoms with E-state index in [-0.39, 0.29) is 11.2 Å². The number of alkyl halides is 3. The number of hydrogen-bond acceptors (Lipinski definition) is 5. The van der Waals surface area contributed by atoms with Crippen LogP contribution in [0.2, 0.25) is 0 Å². The first-order chi connectivity index (χ1) is 8.88. The minimum absolute atomic E-state index is 0.0553. The van der Waals surface area contributed by atoms with Gasteiger partial charge < -0.3 is 15.2 Å². The summed E-state index contributed by atoms with van der Waals surface area (Å²) in [6, 6.07) is 0. The van der Waals surface area contributed by atoms with Gasteiger partial charge in [0.2, 0.25) is 0 Å². The largest absolute Gasteiger partial charge is 0.477 e. The number of rotatable bonds is 4. The Hall–Kier alpha value is -1.35. The van der Waals surface area contributed by atoms with Crippen molar-refractivity contribution in [2.24, 2.45) is 0 Å². The molecule has 1 saturated heterocycles. The third-order valence-corrected chi connectivity index (χ3v) is 3.60. The molecule has 0 bridgehead atoms. The number of ether oxygens (including phenoxy) is 1. The van der Waals surface area contributed by atoms with Crippen molar-refractivity contribution in [3.8, 4) is 0 Å². The van der Waals surface area contributed by atoms with Gasteiger partial charge in [-0.1, -0.05) is 11.3 Å². The Kier molecular flexibility index (Phi) is 3.95. The van der Waals surface area contributed by atoms with Gasteiger partial charge in [0.15, 0.2) is 10.8 Å². The molecule has 0 spiro atoms. The van der Waals surface area contributed by atoms with Crippen molar-refractivity contribution in [2.75, 3.05) is 18.5 Å². The molecule has 0 unspecified atom stereocenters. The van der Waals surface area contributed by atoms with Gasteiger partial charge in [-0.25, -0.2) is 9.78 Å². The standard InChI is InChI=1S/C10H11F3N2O3S/c11-10(12,13)7-6(8(16)17)19-9(15-7)14-4-5-2-1-3-18-5/h5H,1-4H2,(H,14,15)(H,16,17)/t5-/m0/s1. The maximum Gasteiger partial charge on any atom is 0.435 e. The highest BCUT2D eigenvalue weighted by molar-refractivity contribution is 7.17. The second kappa shape index (κ2) is 5.33. The van der Waals surface area contributed by atoms with E-state index in [0.29, 0.717) is 24.5 Å². The summed E-state index contributed by atoms with van der Waals surface area (Å²) in [5.41, 5.74) is -1.36. The Bertz CT molecular complexity index is 469. The Morgan fingerprint density at radius 3 is 2.79 bits per heavy atom. The van der Waals surface area contributed by atoms with Crippen LogP contribution in [0.5, 0.6) is 0 Å². The van der Waals surface area contributed by atoms with Gasteiger partial charge in [0.05, 0.1) is 6.10 Å². The van der Waals surface area contributed by atoms with Crippen LogP contribution in [0.15, 0.2) is 0 Å². The summed E-state index contributed by atoms with van der Waals surface area (Å²) in [6.45, 7) is 0.961. The molecular weight excluding hydrogens is 285 g/mol. The fourth-order valence-electron chi connectivity index (χ4n) is 1.74. The molecule has 0 radical (unpaired) electrons. The molecule has 9 heteroatoms. The minimum atomic E-state index is -4.77. The molecule has 1 aromatic rings. The molecule has 0 aromatic carbocycles. The number of nitrogens with zero attached hydrogens (tertiary/aromatic N) is 1. The summed E-state index contributed by atoms with van der Waals surface area (Å²) in [7, 11) is 0. The van der Waals surface area contributed by atoms with Crippen LogP contribution in [0.1, 0.15) is 28.2 Å². The van der Waals surface area contributed by atoms with Gasteiger partial charge in [0, 0.05) is 13.2 Å². The van der Waals surface area contributed by atoms with Crippen LogP contribution >= 0.6 is 11.3 Å². The van der Waals surface area contributed by atoms with Crippen LogP contribution in [-0.4, -0.2) is 35.3 Å². The Labute approximate surface area is 110 Å². The van der Waals surface area contributed by atoms with Crippen molar-refractivity contribution in [1.29, 1.82) is 0 Å². The van der Waals surface area contributed by atoms with E-state index in [2.05, 4.69) is 10.3 Å². The fraction of sp³-hybridized carbons (Fsp3) is 0.600. The van der Waals surface area contributed by atoms with Gasteiger partial charge in [0.25, 0.3) is 0 Å². The van der Waals surface area contributed by atoms with Crippen LogP contribution < -0.4 is 5.32 Å². The summed E-state index contributed by atoms with van der Waals surface area (Å²) in [5, 5.41) is 11.4. The van der Waals surface area contributed by atoms with Crippen LogP contribution in [0.3, 0.4) is 0 Å². The number of nitrogens with one attached hydrogen (secondary N) is 1. The number of carboxylic acids is 1. The molecule has 1 fully saturated rings. The zero-order valence-corrected chi connectivity index (χ0v) is 10.5. The summed E-state index contributed by atoms with van der Waals surface area (Å²) < 4.78 is 43.1. The van der Waals surface area contributed by atoms with E-state index < -0.39 is 22.7 Å². The quantitative estimate of drug-likeness (QED) is 0.893. The molecule has 1 aromatic heterocycles. The molecule has 106 valence electrons. The highest BCUT2D eigenvalue weighted by atomic mass is 32.1. The van der Waals surface area contributed by atoms with E-state index >= 15 is 0 Å². The van der Waals surface area contributed by atoms with Crippen molar-refractivity contribution in [3.05, 3.63) is 10.6 Å². The number of carbonyl (C=O) groups is 1. The molecule has 2 heterocycles. The van der Waals surface area contributed by atoms with Crippen LogP contribution in [0, 0.1) is 0 Å². The van der Waals surface area contributed by atoms with E-state index in [4.69, 9.17) is 9.84 Å². The Morgan fingerprint density at radius 2 is 2.32 bits per heavy atom. The van der Waals surface area contributed by atoms with E-state index in [0.717, 1.165) is 12.8 Å². The minimum Gasteiger partial charge on any atom is -0.477 e. The van der Waals surface area contributed by atoms with Crippen LogP contribution in [0.25, 0.3) is 0 Å². The maximum absolute atomic E-state index is 12.6. The van der Waals surface area contributed by atoms with E-state index in [1.54, 1.807) is 0 Å². The zero-order valence-electron chi connectivity index (χ0n) is 9.66. The van der Waals surface area contributed by atoms with Crippen LogP contribution in [-0.2, 0) is 10.9 Å². The predicted octanol–water partition coefficient (Wildman–Crippen LogP) is 2.45. The first-order valence-electron chi connectivity index (χ1n) is 5.54. The lowest BCUT2D eigenvalue weighted by Crippen LogP contribution is -2.18. The van der Waals surface area contributed by atoms with E-state index in [9.17, 15) is 18.0 Å². The monoisotopic (exact) mass is 296 g/mol. The molecule has 2 N–H and O–H groups in total. The number of aromatic nitrogens is 1. The summed E-state index contributed by atoms with van der Waals surface area (Å²) in [5.74, 6) is -1.63. The molecule has 2 rings (SSSR count). The van der Waals surface area contributed by atoms with Gasteiger partial charge in [-0.2, -0.15) is 13.2 Å². The topological polar surface area (TPSA) is 71.5 Å². The van der Waals surface area contributed by atoms with E-state index in [1.807, 2.05) is 0 Å². The molecule has 1 atom stereocenters. The lowest BCUT2D eigenvalue weighted by Gasteiger charge is -2.09. The van der Waals surface area contributed by atoms with Crippen molar-refractivity contribution in [3.63, 3.8) is 0 Å². The molecule has 0 aliphatic carbocycles. The number of aromatic carboxylic acids is 1. The number of halogens is 3. The molecular formula is C10H11F3N2O3S. The smallest absolute Gasteiger partial charge is 0.435 e. The molecule has 5 nitrogen and oxygen atoms in total. The highest BCUT2D eigenvalue weighted by Crippen LogP contribution is 2.36. The molecule has 19 heavy (non-hydrogen) atoms. The average Bonchev–Trinajstić information content (AvgIpc) is 2.94. The first-order valence-corrected chi connectivity index (χ1v) is 6.36. The maximum atomic E-state index is 12.6. The van der Waals surface area contributed by atoms with Gasteiger partial charge in [-0.3, -0.25) is 0 Å². The predicted molar refractivity (Wildman–Crippen MR) is 61.5 cm³/mol. The van der Waals surface area contributed by atoms with Gasteiger partial charge in [-0.15, -0.1) is 0 Å². The van der Waals surface area contributed by atoms with Gasteiger partial charge >= 0.3 is 12.1 Å². The second-order valence-electron chi connectivity index (χ2n) is 4.02. The number of thiazole rings is 1. The van der Waals surface area contributed by atoms with Crippen molar-refractivity contribution >= 4 is 22.4 Å². The SMILES string of the molecule is O=C(O)c1sc(NC[C@@H]2CCCO2)nc1C(F)(F)F. The molecule has 1 aliphatic rings. The third kappa shape index (κ3) is 3.35. The van der Waals surface area contributed by atoms with Crippen LogP contribution in [0.4, 0.5) is 18.3 Å². The Balaban J connectivity index is 2.11. The van der Waals surface area contributed by atoms with E-state index in [1.165, 1.54) is 0 Å². The van der Waals surface area contributed by atoms with Crippen molar-refractivity contribution in [2.45, 2.75) is 25.1 Å². The lowest BCUT2D eigenvalue weighted by atomic mass is 10.2. The molecule has 0 saturated carbocycles. The number of carboxylic acid groups (broad SMARTS) is 1. The highest BCUT2D eigenvalue weighted by Gasteiger charge is 2.39. The summed E-state index contributed by atoms with van der Waals surface area (Å²) in [6.07, 6.45) is -3.09. The molecule has 0 amide bonds. The first kappa shape index (κ1) is 14.1. The fourth-order valence-corrected chi connectivity index (χ4v) is 2.57. The molecule has 1 aliphatic heterocycles. The lowest BCUT2D eigenvalue weighted by molar-refractivity contribution is -0.141. The Morgan fingerprint density at radius 1 is 1.58 bits per heavy atom. The van der Waals surface area contributed by atoms with Crippen molar-refractivity contribution < 1.29 is 27.8 Å². The van der Waals surface area contributed by atoms with Gasteiger partial charge in [0.1, 0.15) is 4.88 Å². The summed E-state index contributed by atoms with van der Waals surface area (Å²) in [4.78, 5) is 13.3. The zero-order chi connectivity index (χ0) is 14.0. The van der Waals surface area contributed by atoms with Gasteiger partial charge in [-0.05, 0) is 12.8 Å². The number of hydrogen-bond donors (Lipinski definition) is 2. The second-order valence-corrected chi connectivity index (χ2v) is 5.01. The van der Waals surface area contributed by atoms with Crippen molar-refractivity contribution in [1.82, 2.24) is 4.98 Å². The average molecular weight is 296 g/mol. The normalized spacial score (nSPS) is 19.6. The summed E-state index contributed by atoms with van der Waals surface area (Å²) >= 11 is 0.481. The third-order valence-electron chi connectivity index (χ3n) is 2.59. The number of anilines is 1.